The molecule has 4 atom stereocenters. The molecule has 3 aromatic heterocycles. The summed E-state index contributed by atoms with van der Waals surface area (Å²) in [7, 11) is 0. The van der Waals surface area contributed by atoms with E-state index in [0.717, 1.165) is 37.7 Å². The fourth-order valence-corrected chi connectivity index (χ4v) is 7.06. The first kappa shape index (κ1) is 37.7. The first-order valence-electron chi connectivity index (χ1n) is 17.7. The molecular weight excluding hydrogens is 691 g/mol. The summed E-state index contributed by atoms with van der Waals surface area (Å²) < 4.78 is 35.4. The number of benzene rings is 2. The quantitative estimate of drug-likeness (QED) is 0.113. The number of anilines is 2. The van der Waals surface area contributed by atoms with Gasteiger partial charge in [0, 0.05) is 30.7 Å². The number of aromatic nitrogens is 6. The number of rotatable bonds is 10. The molecule has 0 amide bonds. The van der Waals surface area contributed by atoms with E-state index in [1.165, 1.54) is 11.1 Å². The molecule has 0 bridgehead atoms. The number of aliphatic hydroxyl groups is 2. The molecule has 0 unspecified atom stereocenters. The minimum Gasteiger partial charge on any atom is -0.475 e. The molecule has 7 rings (SSSR count). The third-order valence-electron chi connectivity index (χ3n) is 10.0. The van der Waals surface area contributed by atoms with Crippen molar-refractivity contribution in [2.75, 3.05) is 17.2 Å². The fourth-order valence-electron chi connectivity index (χ4n) is 7.06. The molecule has 0 radical (unpaired) electrons. The lowest BCUT2D eigenvalue weighted by Crippen LogP contribution is -2.33. The summed E-state index contributed by atoms with van der Waals surface area (Å²) in [6.45, 7) is 2.67. The van der Waals surface area contributed by atoms with E-state index in [1.54, 1.807) is 11.0 Å². The van der Waals surface area contributed by atoms with E-state index in [-0.39, 0.29) is 24.0 Å². The number of imidazole rings is 1. The van der Waals surface area contributed by atoms with Gasteiger partial charge in [0.05, 0.1) is 24.6 Å². The molecule has 2 aliphatic carbocycles. The number of hydrogen-bond donors (Lipinski definition) is 6. The van der Waals surface area contributed by atoms with Crippen molar-refractivity contribution in [2.45, 2.75) is 93.9 Å². The number of halogens is 3. The van der Waals surface area contributed by atoms with Crippen LogP contribution in [0.2, 0.25) is 0 Å². The largest absolute Gasteiger partial charge is 0.490 e. The van der Waals surface area contributed by atoms with Crippen molar-refractivity contribution in [3.8, 4) is 0 Å². The Kier molecular flexibility index (Phi) is 11.6. The van der Waals surface area contributed by atoms with Gasteiger partial charge < -0.3 is 36.3 Å². The molecular formula is C37H44F3N9O4. The van der Waals surface area contributed by atoms with E-state index in [4.69, 9.17) is 30.6 Å². The lowest BCUT2D eigenvalue weighted by Gasteiger charge is -2.27. The highest BCUT2D eigenvalue weighted by atomic mass is 19.4. The van der Waals surface area contributed by atoms with Crippen LogP contribution >= 0.6 is 0 Å². The SMILES string of the molecule is CCc1cnn([C@H]2C[C@@H](n3cnc4c(NCC(c5ccccc5)c5ccccc5)nc(NC5CCC(N)CC5)nc43)[C@H](O)[C@@H]2O)c1.O=C(O)C(F)(F)F. The first-order chi connectivity index (χ1) is 25.4. The number of carboxylic acids is 1. The van der Waals surface area contributed by atoms with E-state index < -0.39 is 30.4 Å². The highest BCUT2D eigenvalue weighted by molar-refractivity contribution is 5.84. The summed E-state index contributed by atoms with van der Waals surface area (Å²) >= 11 is 0. The second-order valence-electron chi connectivity index (χ2n) is 13.6. The van der Waals surface area contributed by atoms with E-state index in [2.05, 4.69) is 71.2 Å². The van der Waals surface area contributed by atoms with Crippen molar-refractivity contribution >= 4 is 28.9 Å². The topological polar surface area (TPSA) is 189 Å². The van der Waals surface area contributed by atoms with Gasteiger partial charge in [-0.05, 0) is 55.2 Å². The average molecular weight is 736 g/mol. The van der Waals surface area contributed by atoms with Crippen LogP contribution in [0.5, 0.6) is 0 Å². The molecule has 2 aromatic carbocycles. The Labute approximate surface area is 304 Å². The monoisotopic (exact) mass is 735 g/mol. The van der Waals surface area contributed by atoms with E-state index in [9.17, 15) is 23.4 Å². The van der Waals surface area contributed by atoms with Crippen LogP contribution in [0, 0.1) is 0 Å². The molecule has 0 saturated heterocycles. The van der Waals surface area contributed by atoms with Crippen molar-refractivity contribution in [2.24, 2.45) is 5.73 Å². The molecule has 5 aromatic rings. The predicted octanol–water partition coefficient (Wildman–Crippen LogP) is 5.05. The van der Waals surface area contributed by atoms with Crippen LogP contribution in [0.4, 0.5) is 24.9 Å². The first-order valence-corrected chi connectivity index (χ1v) is 17.7. The van der Waals surface area contributed by atoms with Crippen LogP contribution in [0.1, 0.15) is 73.7 Å². The second-order valence-corrected chi connectivity index (χ2v) is 13.6. The third-order valence-corrected chi connectivity index (χ3v) is 10.0. The average Bonchev–Trinajstić information content (AvgIpc) is 3.88. The zero-order valence-corrected chi connectivity index (χ0v) is 29.1. The number of alkyl halides is 3. The zero-order chi connectivity index (χ0) is 37.7. The van der Waals surface area contributed by atoms with Gasteiger partial charge in [-0.15, -0.1) is 0 Å². The van der Waals surface area contributed by atoms with Crippen molar-refractivity contribution in [3.05, 3.63) is 96.1 Å². The normalized spacial score (nSPS) is 23.1. The summed E-state index contributed by atoms with van der Waals surface area (Å²) in [6, 6.07) is 20.6. The third kappa shape index (κ3) is 8.77. The smallest absolute Gasteiger partial charge is 0.475 e. The van der Waals surface area contributed by atoms with Gasteiger partial charge in [0.2, 0.25) is 5.95 Å². The molecule has 2 fully saturated rings. The molecule has 0 spiro atoms. The number of aryl methyl sites for hydroxylation is 1. The standard InChI is InChI=1S/C35H43N9O2.C2HF3O2/c1-2-22-18-39-44(20-22)29-17-28(31(45)32(29)46)43-21-38-30-33(41-35(42-34(30)43)40-26-15-13-25(36)14-16-26)37-19-27(23-9-5-3-6-10-23)24-11-7-4-8-12-24;3-2(4,5)1(6)7/h3-12,18,20-21,25-29,31-32,45-46H,2,13-17,19,36H2,1H3,(H2,37,40,41,42);(H,6,7)/t25?,26?,28-,29+,31+,32-;/m1./s1. The van der Waals surface area contributed by atoms with Gasteiger partial charge in [-0.25, -0.2) is 9.78 Å². The van der Waals surface area contributed by atoms with Crippen molar-refractivity contribution in [3.63, 3.8) is 0 Å². The number of aliphatic hydroxyl groups excluding tert-OH is 2. The van der Waals surface area contributed by atoms with E-state index in [0.29, 0.717) is 35.9 Å². The van der Waals surface area contributed by atoms with Gasteiger partial charge in [0.1, 0.15) is 12.2 Å². The van der Waals surface area contributed by atoms with Gasteiger partial charge in [0.25, 0.3) is 0 Å². The summed E-state index contributed by atoms with van der Waals surface area (Å²) in [5, 5.41) is 41.2. The van der Waals surface area contributed by atoms with Crippen LogP contribution in [0.25, 0.3) is 11.2 Å². The number of carboxylic acid groups (broad SMARTS) is 1. The predicted molar refractivity (Wildman–Crippen MR) is 192 cm³/mol. The molecule has 53 heavy (non-hydrogen) atoms. The maximum atomic E-state index is 11.3. The molecule has 16 heteroatoms. The number of hydrogen-bond acceptors (Lipinski definition) is 10. The van der Waals surface area contributed by atoms with Gasteiger partial charge in [-0.1, -0.05) is 67.6 Å². The highest BCUT2D eigenvalue weighted by Crippen LogP contribution is 2.40. The van der Waals surface area contributed by atoms with Crippen LogP contribution in [0.3, 0.4) is 0 Å². The van der Waals surface area contributed by atoms with Gasteiger partial charge in [-0.2, -0.15) is 28.2 Å². The Balaban J connectivity index is 0.000000626. The molecule has 13 nitrogen and oxygen atoms in total. The van der Waals surface area contributed by atoms with Crippen LogP contribution in [-0.2, 0) is 11.2 Å². The number of carbonyl (C=O) groups is 1. The summed E-state index contributed by atoms with van der Waals surface area (Å²) in [4.78, 5) is 23.6. The van der Waals surface area contributed by atoms with Crippen molar-refractivity contribution in [1.82, 2.24) is 29.3 Å². The molecule has 7 N–H and O–H groups in total. The number of nitrogens with zero attached hydrogens (tertiary/aromatic N) is 6. The number of fused-ring (bicyclic) bond motifs is 1. The van der Waals surface area contributed by atoms with Crippen LogP contribution < -0.4 is 16.4 Å². The molecule has 2 aliphatic rings. The van der Waals surface area contributed by atoms with Crippen LogP contribution in [-0.4, -0.2) is 87.6 Å². The minimum absolute atomic E-state index is 0.0837. The lowest BCUT2D eigenvalue weighted by atomic mass is 9.91. The molecule has 0 aliphatic heterocycles. The number of nitrogens with two attached hydrogens (primary N) is 1. The van der Waals surface area contributed by atoms with Gasteiger partial charge >= 0.3 is 12.1 Å². The Bertz CT molecular complexity index is 1910. The Morgan fingerprint density at radius 1 is 0.962 bits per heavy atom. The Morgan fingerprint density at radius 2 is 1.57 bits per heavy atom. The number of nitrogens with one attached hydrogen (secondary N) is 2. The maximum absolute atomic E-state index is 11.3. The van der Waals surface area contributed by atoms with E-state index in [1.807, 2.05) is 29.1 Å². The van der Waals surface area contributed by atoms with Crippen molar-refractivity contribution < 1.29 is 33.3 Å². The maximum Gasteiger partial charge on any atom is 0.490 e. The van der Waals surface area contributed by atoms with Gasteiger partial charge in [0.15, 0.2) is 17.0 Å². The van der Waals surface area contributed by atoms with Crippen LogP contribution in [0.15, 0.2) is 79.4 Å². The van der Waals surface area contributed by atoms with E-state index >= 15 is 0 Å². The highest BCUT2D eigenvalue weighted by Gasteiger charge is 2.44. The summed E-state index contributed by atoms with van der Waals surface area (Å²) in [5.41, 5.74) is 10.9. The number of aliphatic carboxylic acids is 1. The minimum atomic E-state index is -5.08. The van der Waals surface area contributed by atoms with Gasteiger partial charge in [-0.3, -0.25) is 4.68 Å². The summed E-state index contributed by atoms with van der Waals surface area (Å²) in [5.74, 6) is -1.54. The Hall–Kier alpha value is -5.06. The zero-order valence-electron chi connectivity index (χ0n) is 29.1. The fraction of sp³-hybridized carbons (Fsp3) is 0.432. The molecule has 282 valence electrons. The molecule has 3 heterocycles. The molecule has 2 saturated carbocycles. The Morgan fingerprint density at radius 3 is 2.13 bits per heavy atom. The second kappa shape index (κ2) is 16.3. The summed E-state index contributed by atoms with van der Waals surface area (Å²) in [6.07, 6.45) is 3.56. The van der Waals surface area contributed by atoms with Crippen molar-refractivity contribution in [1.29, 1.82) is 0 Å². The lowest BCUT2D eigenvalue weighted by molar-refractivity contribution is -0.192.